The first-order valence-corrected chi connectivity index (χ1v) is 23.9. The van der Waals surface area contributed by atoms with E-state index in [-0.39, 0.29) is 18.5 Å². The summed E-state index contributed by atoms with van der Waals surface area (Å²) in [7, 11) is 0. The Kier molecular flexibility index (Phi) is 43.7. The van der Waals surface area contributed by atoms with Gasteiger partial charge in [-0.2, -0.15) is 0 Å². The minimum atomic E-state index is -0.862. The van der Waals surface area contributed by atoms with Crippen LogP contribution in [0.2, 0.25) is 0 Å². The molecule has 0 rings (SSSR count). The summed E-state index contributed by atoms with van der Waals surface area (Å²) in [4.78, 5) is 24.4. The van der Waals surface area contributed by atoms with Gasteiger partial charge in [0, 0.05) is 12.8 Å². The van der Waals surface area contributed by atoms with Gasteiger partial charge in [-0.1, -0.05) is 184 Å². The number of allylic oxidation sites excluding steroid dienone is 7. The molecule has 326 valence electrons. The van der Waals surface area contributed by atoms with E-state index in [2.05, 4.69) is 55.6 Å². The normalized spacial score (nSPS) is 13.1. The standard InChI is InChI=1S/C50H91NO5/c1-3-5-7-9-11-13-15-18-22-26-30-34-38-42-48(53)47(46-52)51-49(54)43-39-35-31-27-23-20-17-21-25-29-33-37-41-45-56-50(55)44-40-36-32-28-24-19-16-14-12-10-8-6-4-2/h8,10,14,16,20,23,38,42,47-48,52-53H,3-7,9,11-13,15,17-19,21-22,24-37,39-41,43-46H2,1-2H3,(H,51,54)/b10-8-,16-14-,23-20-,42-38+. The summed E-state index contributed by atoms with van der Waals surface area (Å²) in [5.41, 5.74) is 0. The molecule has 6 nitrogen and oxygen atoms in total. The molecule has 0 saturated carbocycles. The van der Waals surface area contributed by atoms with Crippen molar-refractivity contribution in [2.24, 2.45) is 0 Å². The van der Waals surface area contributed by atoms with E-state index in [0.29, 0.717) is 19.4 Å². The van der Waals surface area contributed by atoms with Crippen LogP contribution in [0.5, 0.6) is 0 Å². The monoisotopic (exact) mass is 786 g/mol. The summed E-state index contributed by atoms with van der Waals surface area (Å²) in [6.45, 7) is 4.76. The number of unbranched alkanes of at least 4 members (excludes halogenated alkanes) is 26. The third kappa shape index (κ3) is 41.5. The molecule has 0 aliphatic heterocycles. The molecular weight excluding hydrogens is 695 g/mol. The highest BCUT2D eigenvalue weighted by molar-refractivity contribution is 5.76. The van der Waals surface area contributed by atoms with Crippen LogP contribution in [0.15, 0.2) is 48.6 Å². The van der Waals surface area contributed by atoms with E-state index in [0.717, 1.165) is 83.5 Å². The van der Waals surface area contributed by atoms with Crippen molar-refractivity contribution in [1.82, 2.24) is 5.32 Å². The molecule has 0 spiro atoms. The first kappa shape index (κ1) is 53.8. The lowest BCUT2D eigenvalue weighted by Crippen LogP contribution is -2.45. The third-order valence-electron chi connectivity index (χ3n) is 10.5. The zero-order chi connectivity index (χ0) is 40.8. The molecule has 0 aliphatic rings. The van der Waals surface area contributed by atoms with E-state index >= 15 is 0 Å². The number of rotatable bonds is 43. The molecule has 0 aromatic rings. The number of carbonyl (C=O) groups is 2. The van der Waals surface area contributed by atoms with Gasteiger partial charge in [-0.3, -0.25) is 9.59 Å². The van der Waals surface area contributed by atoms with Gasteiger partial charge in [0.05, 0.1) is 25.4 Å². The summed E-state index contributed by atoms with van der Waals surface area (Å²) in [5, 5.41) is 23.0. The van der Waals surface area contributed by atoms with Crippen LogP contribution in [-0.2, 0) is 14.3 Å². The topological polar surface area (TPSA) is 95.9 Å². The van der Waals surface area contributed by atoms with Crippen molar-refractivity contribution in [2.75, 3.05) is 13.2 Å². The van der Waals surface area contributed by atoms with Gasteiger partial charge in [-0.15, -0.1) is 0 Å². The molecule has 0 saturated heterocycles. The maximum atomic E-state index is 12.4. The van der Waals surface area contributed by atoms with E-state index in [4.69, 9.17) is 4.74 Å². The fraction of sp³-hybridized carbons (Fsp3) is 0.800. The Labute approximate surface area is 346 Å². The average molecular weight is 786 g/mol. The molecule has 0 fully saturated rings. The molecule has 3 N–H and O–H groups in total. The van der Waals surface area contributed by atoms with E-state index in [1.54, 1.807) is 6.08 Å². The minimum Gasteiger partial charge on any atom is -0.466 e. The van der Waals surface area contributed by atoms with Gasteiger partial charge in [0.2, 0.25) is 5.91 Å². The van der Waals surface area contributed by atoms with Crippen LogP contribution < -0.4 is 5.32 Å². The third-order valence-corrected chi connectivity index (χ3v) is 10.5. The van der Waals surface area contributed by atoms with Crippen molar-refractivity contribution >= 4 is 11.9 Å². The number of carbonyl (C=O) groups excluding carboxylic acids is 2. The summed E-state index contributed by atoms with van der Waals surface area (Å²) in [6, 6.07) is -0.648. The van der Waals surface area contributed by atoms with Crippen molar-refractivity contribution in [3.8, 4) is 0 Å². The predicted octanol–water partition coefficient (Wildman–Crippen LogP) is 13.9. The van der Waals surface area contributed by atoms with Crippen LogP contribution in [0.25, 0.3) is 0 Å². The van der Waals surface area contributed by atoms with Crippen molar-refractivity contribution < 1.29 is 24.5 Å². The van der Waals surface area contributed by atoms with Crippen LogP contribution in [0, 0.1) is 0 Å². The van der Waals surface area contributed by atoms with E-state index < -0.39 is 12.1 Å². The molecule has 0 bridgehead atoms. The fourth-order valence-corrected chi connectivity index (χ4v) is 6.84. The van der Waals surface area contributed by atoms with Gasteiger partial charge in [-0.25, -0.2) is 0 Å². The molecule has 0 aliphatic carbocycles. The summed E-state index contributed by atoms with van der Waals surface area (Å²) < 4.78 is 5.43. The number of hydrogen-bond donors (Lipinski definition) is 3. The van der Waals surface area contributed by atoms with Crippen molar-refractivity contribution in [2.45, 2.75) is 244 Å². The quantitative estimate of drug-likeness (QED) is 0.0325. The molecule has 0 heterocycles. The Morgan fingerprint density at radius 2 is 0.929 bits per heavy atom. The molecule has 56 heavy (non-hydrogen) atoms. The highest BCUT2D eigenvalue weighted by Gasteiger charge is 2.18. The number of aliphatic hydroxyl groups is 2. The van der Waals surface area contributed by atoms with Crippen LogP contribution in [0.3, 0.4) is 0 Å². The second-order valence-electron chi connectivity index (χ2n) is 16.1. The fourth-order valence-electron chi connectivity index (χ4n) is 6.84. The maximum Gasteiger partial charge on any atom is 0.305 e. The summed E-state index contributed by atoms with van der Waals surface area (Å²) >= 11 is 0. The Bertz CT molecular complexity index is 957. The first-order valence-electron chi connectivity index (χ1n) is 23.9. The SMILES string of the molecule is CCC/C=C\C/C=C\CCCCCCCC(=O)OCCCCCCCC/C=C\CCCCCC(=O)NC(CO)C(O)/C=C/CCCCCCCCCCCCC. The lowest BCUT2D eigenvalue weighted by molar-refractivity contribution is -0.143. The lowest BCUT2D eigenvalue weighted by atomic mass is 10.0. The van der Waals surface area contributed by atoms with Crippen LogP contribution in [-0.4, -0.2) is 47.4 Å². The lowest BCUT2D eigenvalue weighted by Gasteiger charge is -2.19. The smallest absolute Gasteiger partial charge is 0.305 e. The molecule has 0 aromatic carbocycles. The van der Waals surface area contributed by atoms with Crippen molar-refractivity contribution in [3.05, 3.63) is 48.6 Å². The maximum absolute atomic E-state index is 12.4. The average Bonchev–Trinajstić information content (AvgIpc) is 3.20. The largest absolute Gasteiger partial charge is 0.466 e. The Morgan fingerprint density at radius 1 is 0.500 bits per heavy atom. The van der Waals surface area contributed by atoms with E-state index in [1.165, 1.54) is 122 Å². The first-order chi connectivity index (χ1) is 27.5. The predicted molar refractivity (Wildman–Crippen MR) is 241 cm³/mol. The van der Waals surface area contributed by atoms with Gasteiger partial charge in [0.25, 0.3) is 0 Å². The van der Waals surface area contributed by atoms with Gasteiger partial charge in [0.1, 0.15) is 0 Å². The van der Waals surface area contributed by atoms with Crippen LogP contribution >= 0.6 is 0 Å². The Hall–Kier alpha value is -2.18. The number of amides is 1. The van der Waals surface area contributed by atoms with E-state index in [9.17, 15) is 19.8 Å². The Morgan fingerprint density at radius 3 is 1.46 bits per heavy atom. The molecule has 0 radical (unpaired) electrons. The van der Waals surface area contributed by atoms with Crippen molar-refractivity contribution in [3.63, 3.8) is 0 Å². The van der Waals surface area contributed by atoms with Crippen LogP contribution in [0.4, 0.5) is 0 Å². The Balaban J connectivity index is 3.56. The van der Waals surface area contributed by atoms with Gasteiger partial charge < -0.3 is 20.3 Å². The number of ether oxygens (including phenoxy) is 1. The number of esters is 1. The zero-order valence-electron chi connectivity index (χ0n) is 36.8. The zero-order valence-corrected chi connectivity index (χ0v) is 36.8. The van der Waals surface area contributed by atoms with Crippen molar-refractivity contribution in [1.29, 1.82) is 0 Å². The number of nitrogens with one attached hydrogen (secondary N) is 1. The van der Waals surface area contributed by atoms with Crippen LogP contribution in [0.1, 0.15) is 232 Å². The van der Waals surface area contributed by atoms with E-state index in [1.807, 2.05) is 6.08 Å². The second kappa shape index (κ2) is 45.5. The summed E-state index contributed by atoms with van der Waals surface area (Å²) in [5.74, 6) is -0.132. The number of aliphatic hydroxyl groups excluding tert-OH is 2. The van der Waals surface area contributed by atoms with Gasteiger partial charge in [-0.05, 0) is 83.5 Å². The highest BCUT2D eigenvalue weighted by atomic mass is 16.5. The molecule has 2 atom stereocenters. The molecular formula is C50H91NO5. The summed E-state index contributed by atoms with van der Waals surface area (Å²) in [6.07, 6.45) is 55.3. The number of hydrogen-bond acceptors (Lipinski definition) is 5. The second-order valence-corrected chi connectivity index (χ2v) is 16.1. The minimum absolute atomic E-state index is 0.0307. The van der Waals surface area contributed by atoms with Gasteiger partial charge >= 0.3 is 5.97 Å². The molecule has 6 heteroatoms. The molecule has 0 aromatic heterocycles. The highest BCUT2D eigenvalue weighted by Crippen LogP contribution is 2.14. The molecule has 2 unspecified atom stereocenters. The van der Waals surface area contributed by atoms with Gasteiger partial charge in [0.15, 0.2) is 0 Å². The molecule has 1 amide bonds.